The van der Waals surface area contributed by atoms with Crippen LogP contribution >= 0.6 is 0 Å². The van der Waals surface area contributed by atoms with E-state index < -0.39 is 5.92 Å². The lowest BCUT2D eigenvalue weighted by atomic mass is 9.71. The number of carbonyl (C=O) groups excluding carboxylic acids is 2. The van der Waals surface area contributed by atoms with Gasteiger partial charge in [0, 0.05) is 40.2 Å². The third-order valence-corrected chi connectivity index (χ3v) is 8.61. The van der Waals surface area contributed by atoms with Gasteiger partial charge in [0.25, 0.3) is 5.91 Å². The molecule has 0 spiro atoms. The minimum absolute atomic E-state index is 0.138. The number of nitrogens with one attached hydrogen (secondary N) is 2. The van der Waals surface area contributed by atoms with Crippen molar-refractivity contribution in [2.75, 3.05) is 19.5 Å². The molecular formula is C36H34N2O6. The lowest BCUT2D eigenvalue weighted by Gasteiger charge is -2.36. The molecule has 2 atom stereocenters. The van der Waals surface area contributed by atoms with Crippen LogP contribution in [0.3, 0.4) is 0 Å². The van der Waals surface area contributed by atoms with E-state index in [0.29, 0.717) is 57.1 Å². The highest BCUT2D eigenvalue weighted by Crippen LogP contribution is 2.46. The summed E-state index contributed by atoms with van der Waals surface area (Å²) in [6.07, 6.45) is 2.12. The number of rotatable bonds is 6. The maximum atomic E-state index is 14.1. The van der Waals surface area contributed by atoms with E-state index in [9.17, 15) is 14.4 Å². The number of benzene rings is 3. The van der Waals surface area contributed by atoms with Gasteiger partial charge in [-0.2, -0.15) is 0 Å². The minimum atomic E-state index is -0.907. The molecule has 4 aromatic rings. The molecule has 2 aliphatic rings. The Morgan fingerprint density at radius 2 is 1.70 bits per heavy atom. The van der Waals surface area contributed by atoms with Crippen LogP contribution < -0.4 is 25.5 Å². The second-order valence-electron chi connectivity index (χ2n) is 11.4. The zero-order valence-electron chi connectivity index (χ0n) is 25.4. The maximum absolute atomic E-state index is 14.1. The Balaban J connectivity index is 1.48. The van der Waals surface area contributed by atoms with Gasteiger partial charge >= 0.3 is 0 Å². The molecule has 2 N–H and O–H groups in total. The number of Topliss-reactive ketones (excluding diaryl/α,β-unsaturated/α-hetero) is 1. The number of anilines is 1. The average molecular weight is 591 g/mol. The summed E-state index contributed by atoms with van der Waals surface area (Å²) in [7, 11) is 3.16. The van der Waals surface area contributed by atoms with Gasteiger partial charge in [-0.1, -0.05) is 35.9 Å². The molecule has 0 unspecified atom stereocenters. The molecule has 0 bridgehead atoms. The molecule has 6 rings (SSSR count). The molecule has 44 heavy (non-hydrogen) atoms. The van der Waals surface area contributed by atoms with Crippen molar-refractivity contribution >= 4 is 28.3 Å². The van der Waals surface area contributed by atoms with E-state index in [-0.39, 0.29) is 35.0 Å². The first kappa shape index (κ1) is 29.0. The molecule has 1 aliphatic carbocycles. The van der Waals surface area contributed by atoms with Crippen LogP contribution in [0.5, 0.6) is 11.5 Å². The smallest absolute Gasteiger partial charge is 0.254 e. The summed E-state index contributed by atoms with van der Waals surface area (Å²) in [5.41, 5.74) is 5.82. The molecule has 0 saturated carbocycles. The van der Waals surface area contributed by atoms with Crippen molar-refractivity contribution in [2.24, 2.45) is 0 Å². The molecule has 0 fully saturated rings. The summed E-state index contributed by atoms with van der Waals surface area (Å²) in [4.78, 5) is 42.3. The largest absolute Gasteiger partial charge is 0.493 e. The quantitative estimate of drug-likeness (QED) is 0.267. The summed E-state index contributed by atoms with van der Waals surface area (Å²) in [5, 5.41) is 6.81. The zero-order chi connectivity index (χ0) is 31.1. The number of dihydropyridines is 1. The van der Waals surface area contributed by atoms with Crippen molar-refractivity contribution in [1.29, 1.82) is 0 Å². The van der Waals surface area contributed by atoms with E-state index >= 15 is 0 Å². The summed E-state index contributed by atoms with van der Waals surface area (Å²) in [6.45, 7) is 5.62. The molecule has 0 saturated heterocycles. The second-order valence-corrected chi connectivity index (χ2v) is 11.4. The van der Waals surface area contributed by atoms with Gasteiger partial charge in [-0.05, 0) is 74.6 Å². The monoisotopic (exact) mass is 590 g/mol. The van der Waals surface area contributed by atoms with Crippen molar-refractivity contribution in [2.45, 2.75) is 45.4 Å². The first-order valence-corrected chi connectivity index (χ1v) is 14.5. The molecule has 1 amide bonds. The number of aryl methyl sites for hydroxylation is 2. The van der Waals surface area contributed by atoms with Gasteiger partial charge in [0.15, 0.2) is 22.7 Å². The van der Waals surface area contributed by atoms with Crippen molar-refractivity contribution in [3.05, 3.63) is 122 Å². The fourth-order valence-electron chi connectivity index (χ4n) is 6.36. The molecule has 8 nitrogen and oxygen atoms in total. The van der Waals surface area contributed by atoms with Crippen molar-refractivity contribution in [3.8, 4) is 11.5 Å². The zero-order valence-corrected chi connectivity index (χ0v) is 25.4. The molecule has 0 radical (unpaired) electrons. The predicted octanol–water partition coefficient (Wildman–Crippen LogP) is 6.43. The molecule has 1 aliphatic heterocycles. The van der Waals surface area contributed by atoms with Crippen LogP contribution in [0, 0.1) is 13.8 Å². The van der Waals surface area contributed by atoms with E-state index in [4.69, 9.17) is 13.9 Å². The van der Waals surface area contributed by atoms with Gasteiger partial charge < -0.3 is 24.5 Å². The van der Waals surface area contributed by atoms with E-state index in [2.05, 4.69) is 10.6 Å². The van der Waals surface area contributed by atoms with Crippen LogP contribution in [0.4, 0.5) is 5.69 Å². The van der Waals surface area contributed by atoms with E-state index in [1.54, 1.807) is 33.3 Å². The highest BCUT2D eigenvalue weighted by molar-refractivity contribution is 6.10. The van der Waals surface area contributed by atoms with Gasteiger partial charge in [-0.3, -0.25) is 14.4 Å². The predicted molar refractivity (Wildman–Crippen MR) is 169 cm³/mol. The highest BCUT2D eigenvalue weighted by atomic mass is 16.5. The van der Waals surface area contributed by atoms with Crippen LogP contribution in [0.2, 0.25) is 0 Å². The van der Waals surface area contributed by atoms with Crippen LogP contribution in [0.15, 0.2) is 98.7 Å². The minimum Gasteiger partial charge on any atom is -0.493 e. The summed E-state index contributed by atoms with van der Waals surface area (Å²) >= 11 is 0. The van der Waals surface area contributed by atoms with Crippen LogP contribution in [-0.2, 0) is 9.59 Å². The van der Waals surface area contributed by atoms with E-state index in [1.165, 1.54) is 6.26 Å². The Labute approximate surface area is 255 Å². The summed E-state index contributed by atoms with van der Waals surface area (Å²) < 4.78 is 16.9. The summed E-state index contributed by atoms with van der Waals surface area (Å²) in [6, 6.07) is 18.6. The number of carbonyl (C=O) groups is 2. The van der Waals surface area contributed by atoms with Crippen LogP contribution in [0.25, 0.3) is 11.0 Å². The van der Waals surface area contributed by atoms with Gasteiger partial charge in [0.05, 0.1) is 31.8 Å². The Morgan fingerprint density at radius 3 is 2.45 bits per heavy atom. The van der Waals surface area contributed by atoms with Gasteiger partial charge in [-0.15, -0.1) is 0 Å². The Bertz CT molecular complexity index is 1950. The molecule has 1 aromatic heterocycles. The molecular weight excluding hydrogens is 556 g/mol. The second kappa shape index (κ2) is 11.5. The maximum Gasteiger partial charge on any atom is 0.254 e. The number of fused-ring (bicyclic) bond motifs is 1. The van der Waals surface area contributed by atoms with Crippen molar-refractivity contribution in [1.82, 2.24) is 5.32 Å². The number of ketones is 1. The molecule has 8 heteroatoms. The summed E-state index contributed by atoms with van der Waals surface area (Å²) in [5.74, 6) is -0.381. The van der Waals surface area contributed by atoms with Gasteiger partial charge in [0.2, 0.25) is 0 Å². The Kier molecular flexibility index (Phi) is 7.59. The third-order valence-electron chi connectivity index (χ3n) is 8.61. The molecule has 2 heterocycles. The Hall–Kier alpha value is -5.11. The molecule has 224 valence electrons. The Morgan fingerprint density at radius 1 is 0.932 bits per heavy atom. The third kappa shape index (κ3) is 5.06. The normalized spacial score (nSPS) is 18.2. The molecule has 3 aromatic carbocycles. The van der Waals surface area contributed by atoms with E-state index in [1.807, 2.05) is 62.4 Å². The number of ether oxygens (including phenoxy) is 2. The number of hydrogen-bond donors (Lipinski definition) is 2. The van der Waals surface area contributed by atoms with Crippen molar-refractivity contribution < 1.29 is 23.5 Å². The number of allylic oxidation sites excluding steroid dienone is 3. The first-order valence-electron chi connectivity index (χ1n) is 14.5. The number of hydrogen-bond acceptors (Lipinski definition) is 7. The number of methoxy groups -OCH3 is 2. The van der Waals surface area contributed by atoms with Gasteiger partial charge in [0.1, 0.15) is 5.58 Å². The number of amides is 1. The van der Waals surface area contributed by atoms with E-state index in [0.717, 1.165) is 16.7 Å². The fourth-order valence-corrected chi connectivity index (χ4v) is 6.36. The highest BCUT2D eigenvalue weighted by Gasteiger charge is 2.42. The van der Waals surface area contributed by atoms with Gasteiger partial charge in [-0.25, -0.2) is 0 Å². The lowest BCUT2D eigenvalue weighted by molar-refractivity contribution is -0.116. The SMILES string of the molecule is COc1ccc([C@H]2CC(=O)C3=C(C2)NC(C)=C(C(=O)Nc2ccccc2C)[C@@H]3c2coc3ccc(C)cc3c2=O)cc1OC. The standard InChI is InChI=1S/C36H34N2O6/c1-19-10-12-29-24(14-19)35(40)25(18-44-29)33-32(36(41)38-26-9-7-6-8-20(26)2)21(3)37-27-15-23(16-28(39)34(27)33)22-11-13-30(42-4)31(17-22)43-5/h6-14,17-18,23,33,37H,15-16H2,1-5H3,(H,38,41)/t23-,33+/m1/s1. The lowest BCUT2D eigenvalue weighted by Crippen LogP contribution is -2.38. The average Bonchev–Trinajstić information content (AvgIpc) is 3.01. The number of para-hydroxylation sites is 1. The fraction of sp³-hybridized carbons (Fsp3) is 0.250. The van der Waals surface area contributed by atoms with Crippen LogP contribution in [-0.4, -0.2) is 25.9 Å². The first-order chi connectivity index (χ1) is 21.2. The van der Waals surface area contributed by atoms with Crippen LogP contribution in [0.1, 0.15) is 53.9 Å². The van der Waals surface area contributed by atoms with Crippen molar-refractivity contribution in [3.63, 3.8) is 0 Å². The topological polar surface area (TPSA) is 107 Å².